The number of rotatable bonds is 13. The number of hydrogen-bond donors (Lipinski definition) is 1. The third-order valence-corrected chi connectivity index (χ3v) is 6.76. The zero-order valence-corrected chi connectivity index (χ0v) is 20.4. The lowest BCUT2D eigenvalue weighted by Crippen LogP contribution is -2.56. The van der Waals surface area contributed by atoms with Crippen LogP contribution >= 0.6 is 0 Å². The second-order valence-corrected chi connectivity index (χ2v) is 9.05. The van der Waals surface area contributed by atoms with Gasteiger partial charge in [0.25, 0.3) is 0 Å². The van der Waals surface area contributed by atoms with E-state index in [1.165, 1.54) is 0 Å². The molecular formula is C23H43N3O5. The summed E-state index contributed by atoms with van der Waals surface area (Å²) in [6.07, 6.45) is 3.03. The number of carbonyl (C=O) groups is 3. The third kappa shape index (κ3) is 6.99. The highest BCUT2D eigenvalue weighted by Crippen LogP contribution is 2.27. The van der Waals surface area contributed by atoms with Gasteiger partial charge < -0.3 is 29.8 Å². The molecule has 2 N–H and O–H groups in total. The average molecular weight is 442 g/mol. The summed E-state index contributed by atoms with van der Waals surface area (Å²) in [6, 6.07) is -0.986. The lowest BCUT2D eigenvalue weighted by Gasteiger charge is -2.40. The fourth-order valence-corrected chi connectivity index (χ4v) is 4.53. The van der Waals surface area contributed by atoms with Crippen molar-refractivity contribution in [1.82, 2.24) is 9.80 Å². The van der Waals surface area contributed by atoms with Crippen LogP contribution in [0.3, 0.4) is 0 Å². The van der Waals surface area contributed by atoms with Crippen molar-refractivity contribution in [3.63, 3.8) is 0 Å². The van der Waals surface area contributed by atoms with E-state index in [1.807, 2.05) is 18.7 Å². The van der Waals surface area contributed by atoms with Crippen LogP contribution in [0, 0.1) is 11.8 Å². The molecule has 1 aliphatic heterocycles. The van der Waals surface area contributed by atoms with Gasteiger partial charge in [-0.25, -0.2) is 0 Å². The van der Waals surface area contributed by atoms with Gasteiger partial charge in [-0.05, 0) is 24.7 Å². The number of carbonyl (C=O) groups excluding carboxylic acids is 3. The molecule has 8 heteroatoms. The first kappa shape index (κ1) is 27.5. The first-order chi connectivity index (χ1) is 14.6. The zero-order valence-electron chi connectivity index (χ0n) is 20.4. The maximum atomic E-state index is 13.3. The number of amides is 2. The Morgan fingerprint density at radius 3 is 2.35 bits per heavy atom. The van der Waals surface area contributed by atoms with Crippen LogP contribution in [0.5, 0.6) is 0 Å². The number of nitrogens with two attached hydrogens (primary N) is 1. The highest BCUT2D eigenvalue weighted by Gasteiger charge is 2.39. The quantitative estimate of drug-likeness (QED) is 0.438. The molecule has 31 heavy (non-hydrogen) atoms. The van der Waals surface area contributed by atoms with E-state index in [1.54, 1.807) is 26.2 Å². The molecule has 0 aromatic heterocycles. The summed E-state index contributed by atoms with van der Waals surface area (Å²) in [5.74, 6) is -0.0320. The smallest absolute Gasteiger partial charge is 0.239 e. The summed E-state index contributed by atoms with van der Waals surface area (Å²) < 4.78 is 11.3. The van der Waals surface area contributed by atoms with E-state index in [0.29, 0.717) is 6.54 Å². The van der Waals surface area contributed by atoms with E-state index < -0.39 is 12.1 Å². The second kappa shape index (κ2) is 13.1. The van der Waals surface area contributed by atoms with Gasteiger partial charge in [0.1, 0.15) is 6.29 Å². The Balaban J connectivity index is 3.04. The Hall–Kier alpha value is -1.51. The van der Waals surface area contributed by atoms with Gasteiger partial charge >= 0.3 is 0 Å². The van der Waals surface area contributed by atoms with Crippen LogP contribution in [0.4, 0.5) is 0 Å². The van der Waals surface area contributed by atoms with Crippen LogP contribution in [0.25, 0.3) is 0 Å². The molecule has 6 atom stereocenters. The minimum absolute atomic E-state index is 0.0179. The Morgan fingerprint density at radius 2 is 1.87 bits per heavy atom. The van der Waals surface area contributed by atoms with Crippen LogP contribution in [-0.4, -0.2) is 86.0 Å². The van der Waals surface area contributed by atoms with Crippen molar-refractivity contribution in [3.8, 4) is 0 Å². The van der Waals surface area contributed by atoms with E-state index in [-0.39, 0.29) is 54.7 Å². The molecule has 0 spiro atoms. The largest absolute Gasteiger partial charge is 0.379 e. The first-order valence-corrected chi connectivity index (χ1v) is 11.4. The van der Waals surface area contributed by atoms with Crippen LogP contribution in [0.15, 0.2) is 0 Å². The van der Waals surface area contributed by atoms with E-state index in [9.17, 15) is 14.4 Å². The molecule has 8 nitrogen and oxygen atoms in total. The Labute approximate surface area is 187 Å². The molecule has 2 amide bonds. The number of likely N-dealkylation sites (N-methyl/N-ethyl adjacent to an activating group) is 1. The average Bonchev–Trinajstić information content (AvgIpc) is 3.24. The number of methoxy groups -OCH3 is 2. The Bertz CT molecular complexity index is 586. The highest BCUT2D eigenvalue weighted by atomic mass is 16.5. The minimum atomic E-state index is -0.599. The molecule has 1 saturated heterocycles. The summed E-state index contributed by atoms with van der Waals surface area (Å²) in [4.78, 5) is 40.7. The van der Waals surface area contributed by atoms with Crippen molar-refractivity contribution in [2.24, 2.45) is 17.6 Å². The minimum Gasteiger partial charge on any atom is -0.379 e. The van der Waals surface area contributed by atoms with Gasteiger partial charge in [0.05, 0.1) is 36.8 Å². The van der Waals surface area contributed by atoms with Gasteiger partial charge in [0.2, 0.25) is 11.8 Å². The monoisotopic (exact) mass is 441 g/mol. The van der Waals surface area contributed by atoms with Crippen molar-refractivity contribution in [2.45, 2.75) is 90.1 Å². The summed E-state index contributed by atoms with van der Waals surface area (Å²) in [6.45, 7) is 8.61. The number of hydrogen-bond acceptors (Lipinski definition) is 6. The fourth-order valence-electron chi connectivity index (χ4n) is 4.53. The second-order valence-electron chi connectivity index (χ2n) is 9.05. The Kier molecular flexibility index (Phi) is 11.7. The summed E-state index contributed by atoms with van der Waals surface area (Å²) in [7, 11) is 4.91. The van der Waals surface area contributed by atoms with Gasteiger partial charge in [0.15, 0.2) is 0 Å². The maximum absolute atomic E-state index is 13.3. The molecule has 180 valence electrons. The lowest BCUT2D eigenvalue weighted by atomic mass is 9.89. The number of aldehydes is 1. The molecule has 0 saturated carbocycles. The topological polar surface area (TPSA) is 102 Å². The Morgan fingerprint density at radius 1 is 1.23 bits per heavy atom. The highest BCUT2D eigenvalue weighted by molar-refractivity contribution is 5.82. The predicted molar refractivity (Wildman–Crippen MR) is 120 cm³/mol. The number of ether oxygens (including phenoxy) is 2. The maximum Gasteiger partial charge on any atom is 0.239 e. The van der Waals surface area contributed by atoms with E-state index >= 15 is 0 Å². The van der Waals surface area contributed by atoms with Gasteiger partial charge in [0, 0.05) is 34.2 Å². The van der Waals surface area contributed by atoms with Crippen LogP contribution in [0.1, 0.15) is 59.8 Å². The van der Waals surface area contributed by atoms with E-state index in [0.717, 1.165) is 25.5 Å². The molecule has 1 rings (SSSR count). The van der Waals surface area contributed by atoms with Crippen molar-refractivity contribution < 1.29 is 23.9 Å². The molecule has 0 aromatic carbocycles. The molecule has 4 unspecified atom stereocenters. The number of likely N-dealkylation sites (tertiary alicyclic amines) is 1. The van der Waals surface area contributed by atoms with Gasteiger partial charge in [-0.1, -0.05) is 34.1 Å². The molecule has 0 aliphatic carbocycles. The van der Waals surface area contributed by atoms with Crippen molar-refractivity contribution in [2.75, 3.05) is 27.8 Å². The van der Waals surface area contributed by atoms with Gasteiger partial charge in [-0.3, -0.25) is 9.59 Å². The van der Waals surface area contributed by atoms with E-state index in [4.69, 9.17) is 15.2 Å². The van der Waals surface area contributed by atoms with E-state index in [2.05, 4.69) is 13.8 Å². The summed E-state index contributed by atoms with van der Waals surface area (Å²) in [5.41, 5.74) is 6.13. The molecule has 0 radical (unpaired) electrons. The molecule has 0 aromatic rings. The summed E-state index contributed by atoms with van der Waals surface area (Å²) in [5, 5.41) is 0. The van der Waals surface area contributed by atoms with Gasteiger partial charge in [-0.2, -0.15) is 0 Å². The van der Waals surface area contributed by atoms with Crippen LogP contribution in [0.2, 0.25) is 0 Å². The third-order valence-electron chi connectivity index (χ3n) is 6.76. The van der Waals surface area contributed by atoms with Crippen molar-refractivity contribution in [1.29, 1.82) is 0 Å². The SMILES string of the molecule is CC[C@H](C)C(C(CC(=O)N1CCCC1C(CC=O)OC)OC)N(C)C(=O)[C@@H](N)C(C)C. The lowest BCUT2D eigenvalue weighted by molar-refractivity contribution is -0.145. The normalized spacial score (nSPS) is 21.5. The van der Waals surface area contributed by atoms with Gasteiger partial charge in [-0.15, -0.1) is 0 Å². The standard InChI is InChI=1S/C23H43N3O5/c1-8-16(4)22(25(5)23(29)21(24)15(2)3)19(31-7)14-20(28)26-12-9-10-17(26)18(30-6)11-13-27/h13,15-19,21-22H,8-12,14,24H2,1-7H3/t16-,17?,18?,19?,21-,22?/m0/s1. The van der Waals surface area contributed by atoms with Crippen LogP contribution in [-0.2, 0) is 23.9 Å². The predicted octanol–water partition coefficient (Wildman–Crippen LogP) is 1.84. The first-order valence-electron chi connectivity index (χ1n) is 11.4. The fraction of sp³-hybridized carbons (Fsp3) is 0.870. The molecule has 1 aliphatic rings. The van der Waals surface area contributed by atoms with Crippen molar-refractivity contribution >= 4 is 18.1 Å². The number of nitrogens with zero attached hydrogens (tertiary/aromatic N) is 2. The zero-order chi connectivity index (χ0) is 23.7. The molecule has 1 heterocycles. The molecule has 1 fully saturated rings. The summed E-state index contributed by atoms with van der Waals surface area (Å²) >= 11 is 0. The molecular weight excluding hydrogens is 398 g/mol. The van der Waals surface area contributed by atoms with Crippen LogP contribution < -0.4 is 5.73 Å². The molecule has 0 bridgehead atoms. The van der Waals surface area contributed by atoms with Crippen molar-refractivity contribution in [3.05, 3.63) is 0 Å².